The molecule has 3 amide bonds. The molecule has 0 saturated heterocycles. The van der Waals surface area contributed by atoms with E-state index in [4.69, 9.17) is 0 Å². The summed E-state index contributed by atoms with van der Waals surface area (Å²) in [5, 5.41) is 6.84. The third-order valence-electron chi connectivity index (χ3n) is 3.96. The topological polar surface area (TPSA) is 80.2 Å². The first-order valence-corrected chi connectivity index (χ1v) is 8.10. The van der Waals surface area contributed by atoms with Crippen LogP contribution >= 0.6 is 11.3 Å². The molecule has 21 heavy (non-hydrogen) atoms. The van der Waals surface area contributed by atoms with E-state index in [0.29, 0.717) is 5.92 Å². The molecule has 0 aliphatic heterocycles. The van der Waals surface area contributed by atoms with Gasteiger partial charge in [-0.1, -0.05) is 31.1 Å². The smallest absolute Gasteiger partial charge is 0.321 e. The fraction of sp³-hybridized carbons (Fsp3) is 0.643. The number of thiazole rings is 1. The average molecular weight is 311 g/mol. The molecule has 0 aromatic carbocycles. The zero-order valence-corrected chi connectivity index (χ0v) is 13.2. The first-order chi connectivity index (χ1) is 9.97. The number of rotatable bonds is 3. The van der Waals surface area contributed by atoms with Crippen molar-refractivity contribution < 1.29 is 9.59 Å². The Hall–Kier alpha value is -1.63. The molecular weight excluding hydrogens is 290 g/mol. The molecule has 0 bridgehead atoms. The number of hydrogen-bond acceptors (Lipinski definition) is 4. The molecule has 1 aliphatic rings. The maximum absolute atomic E-state index is 11.8. The van der Waals surface area contributed by atoms with Crippen molar-refractivity contribution >= 4 is 23.3 Å². The lowest BCUT2D eigenvalue weighted by Gasteiger charge is -2.29. The third kappa shape index (κ3) is 4.17. The zero-order valence-electron chi connectivity index (χ0n) is 12.3. The lowest BCUT2D eigenvalue weighted by molar-refractivity contribution is -0.120. The number of amides is 3. The second-order valence-corrected chi connectivity index (χ2v) is 6.44. The van der Waals surface area contributed by atoms with Crippen molar-refractivity contribution in [1.29, 1.82) is 0 Å². The number of aromatic nitrogens is 1. The predicted molar refractivity (Wildman–Crippen MR) is 81.4 cm³/mol. The maximum atomic E-state index is 11.8. The fourth-order valence-corrected chi connectivity index (χ4v) is 3.38. The first kappa shape index (κ1) is 15.8. The second-order valence-electron chi connectivity index (χ2n) is 5.62. The van der Waals surface area contributed by atoms with Gasteiger partial charge in [-0.15, -0.1) is 0 Å². The minimum absolute atomic E-state index is 0.122. The van der Waals surface area contributed by atoms with Gasteiger partial charge in [0, 0.05) is 17.1 Å². The van der Waals surface area contributed by atoms with E-state index < -0.39 is 11.9 Å². The number of carbonyl (C=O) groups is 2. The maximum Gasteiger partial charge on any atom is 0.321 e. The number of aryl methyl sites for hydroxylation is 1. The summed E-state index contributed by atoms with van der Waals surface area (Å²) in [6, 6.07) is -0.350. The van der Waals surface area contributed by atoms with Crippen LogP contribution < -0.4 is 15.5 Å². The molecule has 1 saturated carbocycles. The number of urea groups is 1. The van der Waals surface area contributed by atoms with Gasteiger partial charge in [0.1, 0.15) is 6.54 Å². The molecule has 6 nitrogen and oxygen atoms in total. The van der Waals surface area contributed by atoms with Crippen LogP contribution in [-0.4, -0.2) is 22.5 Å². The van der Waals surface area contributed by atoms with Crippen LogP contribution in [0.25, 0.3) is 0 Å². The molecule has 1 aromatic rings. The van der Waals surface area contributed by atoms with Crippen molar-refractivity contribution in [2.24, 2.45) is 5.92 Å². The Morgan fingerprint density at radius 1 is 1.38 bits per heavy atom. The first-order valence-electron chi connectivity index (χ1n) is 7.22. The highest BCUT2D eigenvalue weighted by molar-refractivity contribution is 7.07. The highest BCUT2D eigenvalue weighted by Crippen LogP contribution is 2.23. The summed E-state index contributed by atoms with van der Waals surface area (Å²) in [5.74, 6) is -0.0408. The summed E-state index contributed by atoms with van der Waals surface area (Å²) in [7, 11) is 0. The second kappa shape index (κ2) is 6.89. The van der Waals surface area contributed by atoms with Crippen molar-refractivity contribution in [2.45, 2.75) is 52.1 Å². The number of carbonyl (C=O) groups excluding carboxylic acids is 2. The van der Waals surface area contributed by atoms with E-state index >= 15 is 0 Å². The number of nitrogens with one attached hydrogen (secondary N) is 2. The average Bonchev–Trinajstić information content (AvgIpc) is 2.73. The molecule has 1 aliphatic carbocycles. The minimum Gasteiger partial charge on any atom is -0.335 e. The predicted octanol–water partition coefficient (Wildman–Crippen LogP) is 1.62. The van der Waals surface area contributed by atoms with Gasteiger partial charge in [0.25, 0.3) is 0 Å². The van der Waals surface area contributed by atoms with Gasteiger partial charge in [0.2, 0.25) is 5.91 Å². The van der Waals surface area contributed by atoms with Gasteiger partial charge in [-0.25, -0.2) is 4.79 Å². The largest absolute Gasteiger partial charge is 0.335 e. The molecule has 1 heterocycles. The van der Waals surface area contributed by atoms with Gasteiger partial charge in [-0.05, 0) is 25.7 Å². The number of imide groups is 1. The Morgan fingerprint density at radius 3 is 2.71 bits per heavy atom. The standard InChI is InChI=1S/C14H21N3O3S/c1-9-5-3-4-6-11(9)15-13(19)16-12(18)7-17-10(2)8-21-14(17)20/h8-9,11H,3-7H2,1-2H3,(H2,15,16,18,19)/t9-,11-/m1/s1. The van der Waals surface area contributed by atoms with E-state index in [2.05, 4.69) is 17.6 Å². The molecule has 0 radical (unpaired) electrons. The van der Waals surface area contributed by atoms with E-state index in [9.17, 15) is 14.4 Å². The molecule has 2 N–H and O–H groups in total. The molecule has 1 fully saturated rings. The van der Waals surface area contributed by atoms with Crippen molar-refractivity contribution in [1.82, 2.24) is 15.2 Å². The summed E-state index contributed by atoms with van der Waals surface area (Å²) < 4.78 is 1.36. The summed E-state index contributed by atoms with van der Waals surface area (Å²) in [6.07, 6.45) is 4.35. The monoisotopic (exact) mass is 311 g/mol. The van der Waals surface area contributed by atoms with Gasteiger partial charge < -0.3 is 5.32 Å². The highest BCUT2D eigenvalue weighted by Gasteiger charge is 2.23. The highest BCUT2D eigenvalue weighted by atomic mass is 32.1. The summed E-state index contributed by atoms with van der Waals surface area (Å²) in [6.45, 7) is 3.75. The van der Waals surface area contributed by atoms with E-state index in [1.54, 1.807) is 12.3 Å². The number of nitrogens with zero attached hydrogens (tertiary/aromatic N) is 1. The van der Waals surface area contributed by atoms with Crippen LogP contribution in [0.5, 0.6) is 0 Å². The van der Waals surface area contributed by atoms with Crippen molar-refractivity contribution in [3.05, 3.63) is 20.7 Å². The van der Waals surface area contributed by atoms with E-state index in [1.165, 1.54) is 11.0 Å². The van der Waals surface area contributed by atoms with Crippen LogP contribution in [0.1, 0.15) is 38.3 Å². The molecule has 0 spiro atoms. The SMILES string of the molecule is Cc1csc(=O)n1CC(=O)NC(=O)N[C@@H]1CCCC[C@H]1C. The van der Waals surface area contributed by atoms with Crippen LogP contribution in [0.4, 0.5) is 4.79 Å². The molecule has 1 aromatic heterocycles. The van der Waals surface area contributed by atoms with Crippen LogP contribution in [0.15, 0.2) is 10.2 Å². The third-order valence-corrected chi connectivity index (χ3v) is 4.84. The Morgan fingerprint density at radius 2 is 2.10 bits per heavy atom. The number of hydrogen-bond donors (Lipinski definition) is 2. The van der Waals surface area contributed by atoms with E-state index in [1.807, 2.05) is 0 Å². The van der Waals surface area contributed by atoms with E-state index in [0.717, 1.165) is 36.3 Å². The molecular formula is C14H21N3O3S. The minimum atomic E-state index is -0.473. The fourth-order valence-electron chi connectivity index (χ4n) is 2.64. The lowest BCUT2D eigenvalue weighted by Crippen LogP contribution is -2.48. The molecule has 0 unspecified atom stereocenters. The summed E-state index contributed by atoms with van der Waals surface area (Å²) >= 11 is 1.05. The van der Waals surface area contributed by atoms with Crippen molar-refractivity contribution in [3.63, 3.8) is 0 Å². The van der Waals surface area contributed by atoms with Gasteiger partial charge in [-0.2, -0.15) is 0 Å². The van der Waals surface area contributed by atoms with Crippen molar-refractivity contribution in [3.8, 4) is 0 Å². The normalized spacial score (nSPS) is 21.8. The van der Waals surface area contributed by atoms with Crippen molar-refractivity contribution in [2.75, 3.05) is 0 Å². The van der Waals surface area contributed by atoms with Crippen LogP contribution in [0, 0.1) is 12.8 Å². The Labute approximate surface area is 127 Å². The van der Waals surface area contributed by atoms with Crippen LogP contribution in [0.2, 0.25) is 0 Å². The van der Waals surface area contributed by atoms with E-state index in [-0.39, 0.29) is 17.5 Å². The molecule has 2 atom stereocenters. The Bertz CT molecular complexity index is 578. The van der Waals surface area contributed by atoms with Crippen LogP contribution in [0.3, 0.4) is 0 Å². The lowest BCUT2D eigenvalue weighted by atomic mass is 9.86. The van der Waals surface area contributed by atoms with Gasteiger partial charge >= 0.3 is 10.9 Å². The Kier molecular flexibility index (Phi) is 5.17. The van der Waals surface area contributed by atoms with Gasteiger partial charge in [-0.3, -0.25) is 19.5 Å². The van der Waals surface area contributed by atoms with Gasteiger partial charge in [0.15, 0.2) is 0 Å². The Balaban J connectivity index is 1.85. The molecule has 7 heteroatoms. The molecule has 2 rings (SSSR count). The summed E-state index contributed by atoms with van der Waals surface area (Å²) in [5.41, 5.74) is 0.724. The zero-order chi connectivity index (χ0) is 15.4. The van der Waals surface area contributed by atoms with Crippen LogP contribution in [-0.2, 0) is 11.3 Å². The molecule has 116 valence electrons. The summed E-state index contributed by atoms with van der Waals surface area (Å²) in [4.78, 5) is 35.0. The van der Waals surface area contributed by atoms with Gasteiger partial charge in [0.05, 0.1) is 0 Å². The quantitative estimate of drug-likeness (QED) is 0.890.